The molecule has 3 fully saturated rings. The van der Waals surface area contributed by atoms with E-state index in [1.165, 1.54) is 10.9 Å². The number of nitrogens with one attached hydrogen (secondary N) is 5. The Morgan fingerprint density at radius 2 is 1.48 bits per heavy atom. The van der Waals surface area contributed by atoms with E-state index in [0.29, 0.717) is 57.2 Å². The largest absolute Gasteiger partial charge is 0.496 e. The van der Waals surface area contributed by atoms with Crippen molar-refractivity contribution < 1.29 is 83.0 Å². The monoisotopic (exact) mass is 1460 g/mol. The number of anilines is 1. The maximum atomic E-state index is 14.8. The van der Waals surface area contributed by atoms with Crippen LogP contribution in [0.1, 0.15) is 164 Å². The number of ketones is 1. The van der Waals surface area contributed by atoms with Crippen LogP contribution in [0.4, 0.5) is 10.5 Å². The van der Waals surface area contributed by atoms with Crippen LogP contribution in [0.15, 0.2) is 72.8 Å². The summed E-state index contributed by atoms with van der Waals surface area (Å²) in [6.45, 7) is 20.6. The number of benzene rings is 3. The van der Waals surface area contributed by atoms with Crippen molar-refractivity contribution in [2.24, 2.45) is 11.3 Å². The number of amides is 4. The van der Waals surface area contributed by atoms with Crippen molar-refractivity contribution >= 4 is 85.9 Å². The average molecular weight is 1460 g/mol. The van der Waals surface area contributed by atoms with Gasteiger partial charge in [0, 0.05) is 127 Å². The van der Waals surface area contributed by atoms with Crippen LogP contribution in [-0.2, 0) is 50.1 Å². The van der Waals surface area contributed by atoms with Gasteiger partial charge in [0.25, 0.3) is 0 Å². The number of rotatable bonds is 31. The standard InChI is InChI=1S/C76H108N8O17Si2/c1-12-73(98)43-47-42-70(3,62-51(30-38-83(44-47)46-73)50-20-16-17-21-54(50)79-62)53-40-52-56(41-58(53)100-7)82(6)65-75(52)35-39-84-37-19-31-74(13-2,64(75)84)66(92)76(65,99)34-27-57(85)48-23-25-49(26-24-48)103(10,11)101-102(8,9)45-55(63(90)91)78-60(87)22-15-14-18-36-77-59(86)28-32-71(4,67(93)94)80-69(97)81-72(5,68(95)96)33-29-61(88)89/h16-17,19-21,23-26,31,40-41,47,55,64-66,79,92,98-99H,12-15,18,22,27-30,32-39,42-46H2,1-11H3,(H,77,86)(H,78,87)(H,88,89)(H,90,91)(H,93,94)(H,95,96)(H2,80,81,97)/t47?,55?,64-,65-,66-,70-,71+,72+,73+,74-,75-,76+/m1/s1. The number of aromatic nitrogens is 1. The fourth-order valence-corrected chi connectivity index (χ4v) is 27.5. The molecule has 4 amide bonds. The SMILES string of the molecule is CC[C@]1(O)CC2CN(CCc3c([nH]c4ccccc34)[C@@](C)(c3cc4c(cc3OC)N(C)[C@H]3[C@@](O)(CCC(=O)c5ccc([Si](C)(C)O[Si](C)(C)CC(NC(=O)CCCCCNC(=O)CC[C@](C)(NC(=O)N[C@@](C)(CCC(=O)O)C(=O)O)C(=O)O)C(=O)O)cc5)[C@H](O)[C@]5(CC)C=CCN6CC[C@]43[C@H]65)C2)C1. The number of methoxy groups -OCH3 is 1. The lowest BCUT2D eigenvalue weighted by Gasteiger charge is -2.64. The van der Waals surface area contributed by atoms with E-state index in [1.807, 2.05) is 45.4 Å². The molecule has 2 bridgehead atoms. The normalized spacial score (nSPS) is 27.9. The van der Waals surface area contributed by atoms with E-state index in [9.17, 15) is 69.0 Å². The van der Waals surface area contributed by atoms with Crippen LogP contribution < -0.4 is 36.1 Å². The lowest BCUT2D eigenvalue weighted by atomic mass is 9.47. The number of carbonyl (C=O) groups excluding carboxylic acids is 4. The van der Waals surface area contributed by atoms with Gasteiger partial charge in [0.1, 0.15) is 28.5 Å². The Balaban J connectivity index is 0.778. The molecule has 1 aromatic heterocycles. The highest BCUT2D eigenvalue weighted by molar-refractivity contribution is 6.92. The van der Waals surface area contributed by atoms with E-state index in [1.54, 1.807) is 19.2 Å². The topological polar surface area (TPSA) is 370 Å². The van der Waals surface area contributed by atoms with Crippen molar-refractivity contribution in [2.75, 3.05) is 58.3 Å². The second-order valence-corrected chi connectivity index (χ2v) is 40.5. The number of hydrogen-bond donors (Lipinski definition) is 12. The molecule has 103 heavy (non-hydrogen) atoms. The molecule has 3 aromatic carbocycles. The molecule has 12 N–H and O–H groups in total. The number of para-hydroxylation sites is 1. The van der Waals surface area contributed by atoms with Crippen molar-refractivity contribution in [2.45, 2.75) is 227 Å². The molecule has 13 atom stereocenters. The molecular weight excluding hydrogens is 1350 g/mol. The predicted octanol–water partition coefficient (Wildman–Crippen LogP) is 7.27. The predicted molar refractivity (Wildman–Crippen MR) is 394 cm³/mol. The van der Waals surface area contributed by atoms with Gasteiger partial charge in [0.2, 0.25) is 20.1 Å². The van der Waals surface area contributed by atoms with Crippen molar-refractivity contribution in [3.63, 3.8) is 0 Å². The Kier molecular flexibility index (Phi) is 22.6. The summed E-state index contributed by atoms with van der Waals surface area (Å²) >= 11 is 0. The first kappa shape index (κ1) is 78.1. The Labute approximate surface area is 605 Å². The zero-order valence-electron chi connectivity index (χ0n) is 61.6. The number of aromatic amines is 1. The number of urea groups is 1. The molecule has 6 heterocycles. The van der Waals surface area contributed by atoms with Gasteiger partial charge in [-0.3, -0.25) is 33.8 Å². The summed E-state index contributed by atoms with van der Waals surface area (Å²) in [7, 11) is -1.91. The molecule has 27 heteroatoms. The molecule has 0 radical (unpaired) electrons. The van der Waals surface area contributed by atoms with Crippen molar-refractivity contribution in [1.82, 2.24) is 36.1 Å². The van der Waals surface area contributed by atoms with Crippen LogP contribution in [0.3, 0.4) is 0 Å². The van der Waals surface area contributed by atoms with Gasteiger partial charge in [-0.1, -0.05) is 74.9 Å². The molecular formula is C76H108N8O17Si2. The number of aliphatic carboxylic acids is 4. The van der Waals surface area contributed by atoms with Gasteiger partial charge in [0.15, 0.2) is 14.1 Å². The van der Waals surface area contributed by atoms with Crippen LogP contribution in [-0.4, -0.2) is 215 Å². The number of Topliss-reactive ketones (excluding diaryl/α,β-unsaturated/α-hetero) is 1. The van der Waals surface area contributed by atoms with Gasteiger partial charge < -0.3 is 75.7 Å². The number of piperidine rings is 1. The molecule has 2 saturated heterocycles. The summed E-state index contributed by atoms with van der Waals surface area (Å²) in [6.07, 6.45) is 6.72. The lowest BCUT2D eigenvalue weighted by molar-refractivity contribution is -0.201. The number of aliphatic hydroxyl groups excluding tert-OH is 1. The number of carboxylic acids is 4. The lowest BCUT2D eigenvalue weighted by Crippen LogP contribution is -2.78. The number of unbranched alkanes of at least 4 members (excludes halogenated alkanes) is 2. The summed E-state index contributed by atoms with van der Waals surface area (Å²) in [6, 6.07) is 17.3. The molecule has 10 rings (SSSR count). The molecule has 562 valence electrons. The average Bonchev–Trinajstić information content (AvgIpc) is 1.50. The summed E-state index contributed by atoms with van der Waals surface area (Å²) in [5, 5.41) is 89.9. The second-order valence-electron chi connectivity index (χ2n) is 32.2. The maximum Gasteiger partial charge on any atom is 0.329 e. The van der Waals surface area contributed by atoms with E-state index in [0.717, 1.165) is 91.7 Å². The minimum atomic E-state index is -2.86. The highest BCUT2D eigenvalue weighted by Crippen LogP contribution is 2.68. The first-order chi connectivity index (χ1) is 48.4. The van der Waals surface area contributed by atoms with Crippen molar-refractivity contribution in [3.05, 3.63) is 101 Å². The van der Waals surface area contributed by atoms with Crippen molar-refractivity contribution in [1.29, 1.82) is 0 Å². The fourth-order valence-electron chi connectivity index (χ4n) is 19.0. The summed E-state index contributed by atoms with van der Waals surface area (Å²) < 4.78 is 13.5. The molecule has 1 saturated carbocycles. The number of fused-ring (bicyclic) bond motifs is 6. The van der Waals surface area contributed by atoms with E-state index in [-0.39, 0.29) is 62.4 Å². The Morgan fingerprint density at radius 3 is 2.12 bits per heavy atom. The molecule has 4 aromatic rings. The smallest absolute Gasteiger partial charge is 0.329 e. The Morgan fingerprint density at radius 1 is 0.796 bits per heavy atom. The third kappa shape index (κ3) is 15.2. The third-order valence-corrected chi connectivity index (χ3v) is 31.5. The third-order valence-electron chi connectivity index (χ3n) is 24.1. The maximum absolute atomic E-state index is 14.8. The molecule has 5 aliphatic heterocycles. The Bertz CT molecular complexity index is 3940. The minimum absolute atomic E-state index is 0.00762. The van der Waals surface area contributed by atoms with Crippen LogP contribution in [0.2, 0.25) is 32.2 Å². The fraction of sp³-hybridized carbons (Fsp3) is 0.605. The zero-order valence-corrected chi connectivity index (χ0v) is 63.6. The van der Waals surface area contributed by atoms with Gasteiger partial charge >= 0.3 is 29.9 Å². The number of nitrogens with zero attached hydrogens (tertiary/aromatic N) is 3. The van der Waals surface area contributed by atoms with Gasteiger partial charge in [-0.2, -0.15) is 0 Å². The summed E-state index contributed by atoms with van der Waals surface area (Å²) in [5.41, 5.74) is -1.75. The number of likely N-dealkylation sites (N-methyl/N-ethyl adjacent to an activating group) is 1. The van der Waals surface area contributed by atoms with Crippen molar-refractivity contribution in [3.8, 4) is 5.75 Å². The molecule has 1 spiro atoms. The van der Waals surface area contributed by atoms with Gasteiger partial charge in [-0.25, -0.2) is 14.4 Å². The molecule has 3 unspecified atom stereocenters. The number of ether oxygens (including phenoxy) is 1. The minimum Gasteiger partial charge on any atom is -0.496 e. The first-order valence-corrected chi connectivity index (χ1v) is 42.6. The molecule has 6 aliphatic rings. The highest BCUT2D eigenvalue weighted by Gasteiger charge is 2.76. The van der Waals surface area contributed by atoms with Gasteiger partial charge in [0.05, 0.1) is 24.9 Å². The molecule has 1 aliphatic carbocycles. The van der Waals surface area contributed by atoms with E-state index in [2.05, 4.69) is 110 Å². The number of carbonyl (C=O) groups is 8. The number of hydrogen-bond acceptors (Lipinski definition) is 16. The molecule has 25 nitrogen and oxygen atoms in total. The quantitative estimate of drug-likeness (QED) is 0.0102. The van der Waals surface area contributed by atoms with E-state index >= 15 is 0 Å². The first-order valence-electron chi connectivity index (χ1n) is 36.6. The van der Waals surface area contributed by atoms with Crippen LogP contribution in [0, 0.1) is 11.3 Å². The highest BCUT2D eigenvalue weighted by atomic mass is 28.4. The van der Waals surface area contributed by atoms with Crippen LogP contribution in [0.5, 0.6) is 5.75 Å². The van der Waals surface area contributed by atoms with E-state index in [4.69, 9.17) is 14.0 Å². The summed E-state index contributed by atoms with van der Waals surface area (Å²) in [4.78, 5) is 112. The number of H-pyrrole nitrogens is 1. The summed E-state index contributed by atoms with van der Waals surface area (Å²) in [5.74, 6) is -5.82. The van der Waals surface area contributed by atoms with Crippen LogP contribution in [0.25, 0.3) is 10.9 Å². The van der Waals surface area contributed by atoms with E-state index < -0.39 is 128 Å². The number of aliphatic hydroxyl groups is 3. The van der Waals surface area contributed by atoms with Crippen LogP contribution >= 0.6 is 0 Å². The Hall–Kier alpha value is -7.51. The van der Waals surface area contributed by atoms with Gasteiger partial charge in [-0.05, 0) is 165 Å². The zero-order chi connectivity index (χ0) is 75.2. The van der Waals surface area contributed by atoms with Gasteiger partial charge in [-0.15, -0.1) is 0 Å². The number of carboxylic acid groups (broad SMARTS) is 4. The second kappa shape index (κ2) is 29.8.